The molecule has 0 atom stereocenters. The Morgan fingerprint density at radius 1 is 1.07 bits per heavy atom. The smallest absolute Gasteiger partial charge is 0.308 e. The van der Waals surface area contributed by atoms with Crippen molar-refractivity contribution in [1.29, 1.82) is 0 Å². The molecule has 2 aromatic carbocycles. The number of hydrogen-bond donors (Lipinski definition) is 1. The highest BCUT2D eigenvalue weighted by Gasteiger charge is 2.26. The van der Waals surface area contributed by atoms with Crippen LogP contribution < -0.4 is 14.2 Å². The zero-order valence-electron chi connectivity index (χ0n) is 17.0. The van der Waals surface area contributed by atoms with E-state index in [-0.39, 0.29) is 12.2 Å². The molecule has 0 radical (unpaired) electrons. The first kappa shape index (κ1) is 21.1. The summed E-state index contributed by atoms with van der Waals surface area (Å²) in [5.41, 5.74) is 4.08. The van der Waals surface area contributed by atoms with E-state index < -0.39 is 17.8 Å². The number of carbonyl (C=O) groups excluding carboxylic acids is 1. The van der Waals surface area contributed by atoms with Crippen LogP contribution in [0.5, 0.6) is 17.2 Å². The average molecular weight is 412 g/mol. The fourth-order valence-electron chi connectivity index (χ4n) is 3.53. The molecule has 0 fully saturated rings. The van der Waals surface area contributed by atoms with Crippen molar-refractivity contribution in [2.24, 2.45) is 0 Å². The second kappa shape index (κ2) is 8.41. The molecule has 0 amide bonds. The molecule has 0 saturated carbocycles. The highest BCUT2D eigenvalue weighted by atomic mass is 19.1. The lowest BCUT2D eigenvalue weighted by Crippen LogP contribution is -2.05. The number of aliphatic carboxylic acids is 1. The zero-order chi connectivity index (χ0) is 22.0. The third-order valence-electron chi connectivity index (χ3n) is 4.82. The number of carboxylic acids is 1. The maximum absolute atomic E-state index is 13.8. The number of methoxy groups -OCH3 is 2. The van der Waals surface area contributed by atoms with E-state index >= 15 is 0 Å². The molecule has 0 bridgehead atoms. The van der Waals surface area contributed by atoms with Crippen LogP contribution in [0.4, 0.5) is 4.39 Å². The van der Waals surface area contributed by atoms with Gasteiger partial charge in [0.1, 0.15) is 5.82 Å². The Morgan fingerprint density at radius 2 is 1.70 bits per heavy atom. The monoisotopic (exact) mass is 412 g/mol. The van der Waals surface area contributed by atoms with Crippen LogP contribution in [0.25, 0.3) is 17.2 Å². The van der Waals surface area contributed by atoms with E-state index in [0.29, 0.717) is 28.2 Å². The van der Waals surface area contributed by atoms with Gasteiger partial charge in [-0.05, 0) is 70.7 Å². The number of carbonyl (C=O) groups is 2. The van der Waals surface area contributed by atoms with Gasteiger partial charge in [-0.25, -0.2) is 4.39 Å². The summed E-state index contributed by atoms with van der Waals surface area (Å²) in [5, 5.41) is 9.28. The summed E-state index contributed by atoms with van der Waals surface area (Å²) >= 11 is 0. The second-order valence-electron chi connectivity index (χ2n) is 6.77. The fraction of sp³-hybridized carbons (Fsp3) is 0.217. The van der Waals surface area contributed by atoms with Gasteiger partial charge < -0.3 is 19.3 Å². The summed E-state index contributed by atoms with van der Waals surface area (Å²) in [4.78, 5) is 22.7. The Balaban J connectivity index is 2.18. The predicted molar refractivity (Wildman–Crippen MR) is 110 cm³/mol. The summed E-state index contributed by atoms with van der Waals surface area (Å²) in [5.74, 6) is -1.15. The lowest BCUT2D eigenvalue weighted by atomic mass is 10.00. The summed E-state index contributed by atoms with van der Waals surface area (Å²) in [6, 6.07) is 7.69. The first-order chi connectivity index (χ1) is 14.2. The molecule has 2 aromatic rings. The van der Waals surface area contributed by atoms with Crippen molar-refractivity contribution >= 4 is 29.2 Å². The first-order valence-corrected chi connectivity index (χ1v) is 9.13. The minimum atomic E-state index is -0.991. The maximum atomic E-state index is 13.8. The average Bonchev–Trinajstić information content (AvgIpc) is 2.93. The van der Waals surface area contributed by atoms with Crippen LogP contribution in [0.1, 0.15) is 37.0 Å². The normalized spacial score (nSPS) is 14.0. The molecule has 7 heteroatoms. The molecule has 156 valence electrons. The first-order valence-electron chi connectivity index (χ1n) is 9.13. The molecule has 6 nitrogen and oxygen atoms in total. The molecule has 30 heavy (non-hydrogen) atoms. The van der Waals surface area contributed by atoms with Crippen molar-refractivity contribution in [3.63, 3.8) is 0 Å². The topological polar surface area (TPSA) is 82.1 Å². The van der Waals surface area contributed by atoms with Gasteiger partial charge in [-0.3, -0.25) is 9.59 Å². The number of allylic oxidation sites excluding steroid dienone is 2. The van der Waals surface area contributed by atoms with Crippen molar-refractivity contribution in [2.75, 3.05) is 14.2 Å². The molecule has 1 N–H and O–H groups in total. The summed E-state index contributed by atoms with van der Waals surface area (Å²) in [6.45, 7) is 3.09. The standard InChI is InChI=1S/C23H21FO6/c1-12-17(16-6-5-15(24)10-19(16)18(12)11-22(26)27)7-14-8-20(28-3)23(30-13(2)25)21(9-14)29-4/h5-10H,11H2,1-4H3,(H,26,27)/b17-7-. The SMILES string of the molecule is COc1cc(/C=C2/C(C)=C(CC(=O)O)c3cc(F)ccc32)cc(OC)c1OC(C)=O. The third kappa shape index (κ3) is 4.05. The van der Waals surface area contributed by atoms with Crippen LogP contribution in [0.3, 0.4) is 0 Å². The van der Waals surface area contributed by atoms with Gasteiger partial charge >= 0.3 is 11.9 Å². The quantitative estimate of drug-likeness (QED) is 0.553. The molecule has 0 spiro atoms. The van der Waals surface area contributed by atoms with Gasteiger partial charge in [0.25, 0.3) is 0 Å². The van der Waals surface area contributed by atoms with E-state index in [4.69, 9.17) is 14.2 Å². The Bertz CT molecular complexity index is 1070. The van der Waals surface area contributed by atoms with Crippen LogP contribution in [-0.2, 0) is 9.59 Å². The maximum Gasteiger partial charge on any atom is 0.308 e. The number of halogens is 1. The van der Waals surface area contributed by atoms with E-state index in [9.17, 15) is 19.1 Å². The van der Waals surface area contributed by atoms with Gasteiger partial charge in [0.2, 0.25) is 5.75 Å². The van der Waals surface area contributed by atoms with Gasteiger partial charge in [-0.2, -0.15) is 0 Å². The number of hydrogen-bond acceptors (Lipinski definition) is 5. The molecule has 0 aliphatic heterocycles. The van der Waals surface area contributed by atoms with Crippen molar-refractivity contribution in [2.45, 2.75) is 20.3 Å². The van der Waals surface area contributed by atoms with E-state index in [1.807, 2.05) is 13.0 Å². The molecule has 1 aliphatic carbocycles. The highest BCUT2D eigenvalue weighted by molar-refractivity contribution is 6.07. The van der Waals surface area contributed by atoms with E-state index in [2.05, 4.69) is 0 Å². The Labute approximate surface area is 173 Å². The van der Waals surface area contributed by atoms with E-state index in [1.54, 1.807) is 18.2 Å². The molecular weight excluding hydrogens is 391 g/mol. The fourth-order valence-corrected chi connectivity index (χ4v) is 3.53. The van der Waals surface area contributed by atoms with Gasteiger partial charge in [0.15, 0.2) is 11.5 Å². The van der Waals surface area contributed by atoms with Crippen molar-refractivity contribution < 1.29 is 33.3 Å². The lowest BCUT2D eigenvalue weighted by Gasteiger charge is -2.14. The van der Waals surface area contributed by atoms with E-state index in [1.165, 1.54) is 33.3 Å². The summed E-state index contributed by atoms with van der Waals surface area (Å²) < 4.78 is 29.8. The second-order valence-corrected chi connectivity index (χ2v) is 6.77. The van der Waals surface area contributed by atoms with Gasteiger partial charge in [-0.1, -0.05) is 6.07 Å². The number of benzene rings is 2. The highest BCUT2D eigenvalue weighted by Crippen LogP contribution is 2.45. The molecule has 1 aliphatic rings. The minimum absolute atomic E-state index is 0.169. The Hall–Kier alpha value is -3.61. The van der Waals surface area contributed by atoms with Crippen molar-refractivity contribution in [1.82, 2.24) is 0 Å². The number of ether oxygens (including phenoxy) is 3. The Kier molecular flexibility index (Phi) is 5.91. The molecule has 0 unspecified atom stereocenters. The molecule has 0 heterocycles. The van der Waals surface area contributed by atoms with Crippen LogP contribution in [0.2, 0.25) is 0 Å². The van der Waals surface area contributed by atoms with Crippen molar-refractivity contribution in [3.05, 3.63) is 58.4 Å². The zero-order valence-corrected chi connectivity index (χ0v) is 17.0. The van der Waals surface area contributed by atoms with Crippen LogP contribution in [0.15, 0.2) is 35.9 Å². The number of fused-ring (bicyclic) bond motifs is 1. The summed E-state index contributed by atoms with van der Waals surface area (Å²) in [7, 11) is 2.89. The predicted octanol–water partition coefficient (Wildman–Crippen LogP) is 4.57. The molecular formula is C23H21FO6. The molecule has 0 saturated heterocycles. The lowest BCUT2D eigenvalue weighted by molar-refractivity contribution is -0.136. The summed E-state index contributed by atoms with van der Waals surface area (Å²) in [6.07, 6.45) is 1.63. The minimum Gasteiger partial charge on any atom is -0.493 e. The number of carboxylic acid groups (broad SMARTS) is 1. The van der Waals surface area contributed by atoms with E-state index in [0.717, 1.165) is 16.7 Å². The Morgan fingerprint density at radius 3 is 2.23 bits per heavy atom. The van der Waals surface area contributed by atoms with Gasteiger partial charge in [0.05, 0.1) is 20.6 Å². The largest absolute Gasteiger partial charge is 0.493 e. The van der Waals surface area contributed by atoms with Crippen LogP contribution in [0, 0.1) is 5.82 Å². The van der Waals surface area contributed by atoms with Crippen LogP contribution >= 0.6 is 0 Å². The molecule has 0 aromatic heterocycles. The number of esters is 1. The third-order valence-corrected chi connectivity index (χ3v) is 4.82. The van der Waals surface area contributed by atoms with Crippen molar-refractivity contribution in [3.8, 4) is 17.2 Å². The number of rotatable bonds is 6. The van der Waals surface area contributed by atoms with Gasteiger partial charge in [-0.15, -0.1) is 0 Å². The van der Waals surface area contributed by atoms with Gasteiger partial charge in [0, 0.05) is 6.92 Å². The molecule has 3 rings (SSSR count). The van der Waals surface area contributed by atoms with Crippen LogP contribution in [-0.4, -0.2) is 31.3 Å².